The summed E-state index contributed by atoms with van der Waals surface area (Å²) in [4.78, 5) is 13.2. The molecule has 25 heavy (non-hydrogen) atoms. The summed E-state index contributed by atoms with van der Waals surface area (Å²) in [5.41, 5.74) is 3.34. The van der Waals surface area contributed by atoms with Gasteiger partial charge in [0.25, 0.3) is 0 Å². The molecule has 2 N–H and O–H groups in total. The molecule has 0 spiro atoms. The summed E-state index contributed by atoms with van der Waals surface area (Å²) in [5.74, 6) is 0.220. The molecule has 132 valence electrons. The number of nitrogens with zero attached hydrogens (tertiary/aromatic N) is 1. The van der Waals surface area contributed by atoms with Crippen LogP contribution < -0.4 is 5.32 Å². The number of carbonyl (C=O) groups excluding carboxylic acids is 1. The van der Waals surface area contributed by atoms with Crippen molar-refractivity contribution in [3.63, 3.8) is 0 Å². The predicted molar refractivity (Wildman–Crippen MR) is 98.6 cm³/mol. The molecule has 1 heterocycles. The average Bonchev–Trinajstić information content (AvgIpc) is 3.24. The first kappa shape index (κ1) is 16.6. The van der Waals surface area contributed by atoms with Gasteiger partial charge >= 0.3 is 0 Å². The van der Waals surface area contributed by atoms with Crippen LogP contribution in [-0.2, 0) is 24.1 Å². The van der Waals surface area contributed by atoms with Crippen LogP contribution in [0.3, 0.4) is 0 Å². The summed E-state index contributed by atoms with van der Waals surface area (Å²) in [7, 11) is 0. The van der Waals surface area contributed by atoms with Crippen molar-refractivity contribution in [1.82, 2.24) is 15.5 Å². The molecule has 0 bridgehead atoms. The van der Waals surface area contributed by atoms with Crippen LogP contribution in [-0.4, -0.2) is 22.1 Å². The Hall–Kier alpha value is -1.81. The van der Waals surface area contributed by atoms with Gasteiger partial charge in [0, 0.05) is 23.2 Å². The zero-order chi connectivity index (χ0) is 17.3. The number of amides is 1. The molecule has 1 atom stereocenters. The molecule has 1 aromatic carbocycles. The number of fused-ring (bicyclic) bond motifs is 1. The van der Waals surface area contributed by atoms with Crippen LogP contribution in [0.5, 0.6) is 0 Å². The van der Waals surface area contributed by atoms with Crippen LogP contribution in [0.1, 0.15) is 48.9 Å². The van der Waals surface area contributed by atoms with Gasteiger partial charge in [-0.3, -0.25) is 9.89 Å². The maximum Gasteiger partial charge on any atom is 0.226 e. The third-order valence-electron chi connectivity index (χ3n) is 5.83. The average molecular weight is 358 g/mol. The van der Waals surface area contributed by atoms with Gasteiger partial charge in [-0.2, -0.15) is 5.10 Å². The minimum absolute atomic E-state index is 0.206. The van der Waals surface area contributed by atoms with Gasteiger partial charge in [-0.15, -0.1) is 0 Å². The lowest BCUT2D eigenvalue weighted by Crippen LogP contribution is -2.47. The second-order valence-electron chi connectivity index (χ2n) is 7.58. The molecule has 2 aromatic rings. The molecule has 4 nitrogen and oxygen atoms in total. The molecule has 0 aliphatic heterocycles. The Morgan fingerprint density at radius 2 is 2.20 bits per heavy atom. The van der Waals surface area contributed by atoms with Gasteiger partial charge in [-0.25, -0.2) is 0 Å². The van der Waals surface area contributed by atoms with Gasteiger partial charge in [-0.05, 0) is 55.4 Å². The van der Waals surface area contributed by atoms with Crippen LogP contribution in [0.2, 0.25) is 5.02 Å². The fourth-order valence-electron chi connectivity index (χ4n) is 4.44. The molecule has 1 aromatic heterocycles. The molecular weight excluding hydrogens is 334 g/mol. The molecule has 1 saturated carbocycles. The Bertz CT molecular complexity index is 764. The third-order valence-corrected chi connectivity index (χ3v) is 6.06. The molecule has 1 fully saturated rings. The van der Waals surface area contributed by atoms with Crippen LogP contribution in [0.15, 0.2) is 30.5 Å². The number of carbonyl (C=O) groups is 1. The van der Waals surface area contributed by atoms with E-state index in [9.17, 15) is 4.79 Å². The van der Waals surface area contributed by atoms with E-state index in [0.717, 1.165) is 62.0 Å². The Balaban J connectivity index is 1.48. The molecule has 0 saturated heterocycles. The number of aromatic nitrogens is 2. The van der Waals surface area contributed by atoms with Gasteiger partial charge in [0.1, 0.15) is 0 Å². The van der Waals surface area contributed by atoms with E-state index in [0.29, 0.717) is 0 Å². The van der Waals surface area contributed by atoms with Crippen molar-refractivity contribution in [3.8, 4) is 0 Å². The van der Waals surface area contributed by atoms with Crippen molar-refractivity contribution in [3.05, 3.63) is 52.3 Å². The van der Waals surface area contributed by atoms with E-state index in [1.807, 2.05) is 24.4 Å². The van der Waals surface area contributed by atoms with E-state index in [4.69, 9.17) is 11.6 Å². The second-order valence-corrected chi connectivity index (χ2v) is 8.02. The molecule has 1 amide bonds. The van der Waals surface area contributed by atoms with E-state index < -0.39 is 0 Å². The largest absolute Gasteiger partial charge is 0.352 e. The number of aromatic amines is 1. The number of nitrogens with one attached hydrogen (secondary N) is 2. The van der Waals surface area contributed by atoms with Gasteiger partial charge in [-0.1, -0.05) is 36.6 Å². The first-order chi connectivity index (χ1) is 12.1. The summed E-state index contributed by atoms with van der Waals surface area (Å²) < 4.78 is 0. The molecule has 2 aliphatic rings. The van der Waals surface area contributed by atoms with E-state index >= 15 is 0 Å². The van der Waals surface area contributed by atoms with Crippen molar-refractivity contribution in [2.24, 2.45) is 5.41 Å². The summed E-state index contributed by atoms with van der Waals surface area (Å²) in [6.07, 6.45) is 9.71. The minimum Gasteiger partial charge on any atom is -0.352 e. The fourth-order valence-corrected chi connectivity index (χ4v) is 4.66. The van der Waals surface area contributed by atoms with Crippen LogP contribution >= 0.6 is 11.6 Å². The highest BCUT2D eigenvalue weighted by atomic mass is 35.5. The topological polar surface area (TPSA) is 57.8 Å². The lowest BCUT2D eigenvalue weighted by atomic mass is 9.78. The number of H-pyrrole nitrogens is 1. The number of rotatable bonds is 4. The number of benzene rings is 1. The second kappa shape index (κ2) is 6.83. The number of hydrogen-bond acceptors (Lipinski definition) is 2. The third kappa shape index (κ3) is 3.45. The van der Waals surface area contributed by atoms with Crippen LogP contribution in [0.25, 0.3) is 0 Å². The van der Waals surface area contributed by atoms with E-state index in [1.54, 1.807) is 0 Å². The summed E-state index contributed by atoms with van der Waals surface area (Å²) in [6.45, 7) is 0. The zero-order valence-corrected chi connectivity index (χ0v) is 15.1. The van der Waals surface area contributed by atoms with E-state index in [1.165, 1.54) is 11.3 Å². The summed E-state index contributed by atoms with van der Waals surface area (Å²) in [5, 5.41) is 11.3. The van der Waals surface area contributed by atoms with E-state index in [-0.39, 0.29) is 17.4 Å². The Morgan fingerprint density at radius 3 is 3.00 bits per heavy atom. The van der Waals surface area contributed by atoms with E-state index in [2.05, 4.69) is 21.6 Å². The Kier molecular flexibility index (Phi) is 4.55. The highest BCUT2D eigenvalue weighted by molar-refractivity contribution is 6.30. The number of aryl methyl sites for hydroxylation is 1. The van der Waals surface area contributed by atoms with Crippen molar-refractivity contribution in [2.45, 2.75) is 57.4 Å². The number of hydrogen-bond donors (Lipinski definition) is 2. The molecule has 4 rings (SSSR count). The highest BCUT2D eigenvalue weighted by Crippen LogP contribution is 2.42. The molecule has 1 unspecified atom stereocenters. The van der Waals surface area contributed by atoms with Crippen LogP contribution in [0, 0.1) is 5.41 Å². The lowest BCUT2D eigenvalue weighted by molar-refractivity contribution is -0.131. The standard InChI is InChI=1S/C20H24ClN3O/c21-16-5-3-4-14(10-16)12-20(8-1-2-9-20)19(25)23-17-7-6-15-13-22-24-18(15)11-17/h3-5,10,13,17H,1-2,6-9,11-12H2,(H,22,24)(H,23,25). The molecule has 0 radical (unpaired) electrons. The normalized spacial score (nSPS) is 21.7. The van der Waals surface area contributed by atoms with Crippen molar-refractivity contribution >= 4 is 17.5 Å². The maximum absolute atomic E-state index is 13.2. The quantitative estimate of drug-likeness (QED) is 0.873. The SMILES string of the molecule is O=C(NC1CCc2cn[nH]c2C1)C1(Cc2cccc(Cl)c2)CCCC1. The zero-order valence-electron chi connectivity index (χ0n) is 14.4. The van der Waals surface area contributed by atoms with Crippen molar-refractivity contribution in [2.75, 3.05) is 0 Å². The maximum atomic E-state index is 13.2. The Morgan fingerprint density at radius 1 is 1.36 bits per heavy atom. The smallest absolute Gasteiger partial charge is 0.226 e. The van der Waals surface area contributed by atoms with Crippen molar-refractivity contribution < 1.29 is 4.79 Å². The monoisotopic (exact) mass is 357 g/mol. The number of halogens is 1. The van der Waals surface area contributed by atoms with Gasteiger partial charge in [0.2, 0.25) is 5.91 Å². The summed E-state index contributed by atoms with van der Waals surface area (Å²) >= 11 is 6.14. The Labute approximate surface area is 153 Å². The van der Waals surface area contributed by atoms with Gasteiger partial charge in [0.15, 0.2) is 0 Å². The first-order valence-electron chi connectivity index (χ1n) is 9.21. The van der Waals surface area contributed by atoms with Gasteiger partial charge < -0.3 is 5.32 Å². The van der Waals surface area contributed by atoms with Crippen LogP contribution in [0.4, 0.5) is 0 Å². The predicted octanol–water partition coefficient (Wildman–Crippen LogP) is 3.84. The minimum atomic E-state index is -0.279. The van der Waals surface area contributed by atoms with Crippen molar-refractivity contribution in [1.29, 1.82) is 0 Å². The fraction of sp³-hybridized carbons (Fsp3) is 0.500. The highest BCUT2D eigenvalue weighted by Gasteiger charge is 2.42. The molecular formula is C20H24ClN3O. The first-order valence-corrected chi connectivity index (χ1v) is 9.59. The molecule has 5 heteroatoms. The van der Waals surface area contributed by atoms with Gasteiger partial charge in [0.05, 0.1) is 11.6 Å². The molecule has 2 aliphatic carbocycles. The summed E-state index contributed by atoms with van der Waals surface area (Å²) in [6, 6.07) is 8.14. The lowest BCUT2D eigenvalue weighted by Gasteiger charge is -2.32.